The highest BCUT2D eigenvalue weighted by Gasteiger charge is 2.19. The van der Waals surface area contributed by atoms with Crippen molar-refractivity contribution in [2.45, 2.75) is 19.9 Å². The quantitative estimate of drug-likeness (QED) is 0.657. The summed E-state index contributed by atoms with van der Waals surface area (Å²) >= 11 is 0. The summed E-state index contributed by atoms with van der Waals surface area (Å²) in [5.41, 5.74) is 0. The molecule has 3 nitrogen and oxygen atoms in total. The van der Waals surface area contributed by atoms with E-state index >= 15 is 0 Å². The zero-order valence-corrected chi connectivity index (χ0v) is 8.95. The van der Waals surface area contributed by atoms with E-state index in [0.29, 0.717) is 12.0 Å². The Bertz CT molecular complexity index is 139. The van der Waals surface area contributed by atoms with E-state index in [-0.39, 0.29) is 0 Å². The number of hydrogen-bond acceptors (Lipinski definition) is 3. The Morgan fingerprint density at radius 2 is 2.31 bits per heavy atom. The van der Waals surface area contributed by atoms with Crippen molar-refractivity contribution in [2.75, 3.05) is 40.0 Å². The van der Waals surface area contributed by atoms with Crippen LogP contribution in [0, 0.1) is 5.92 Å². The first-order chi connectivity index (χ1) is 6.24. The molecule has 1 heterocycles. The predicted molar refractivity (Wildman–Crippen MR) is 52.9 cm³/mol. The Morgan fingerprint density at radius 1 is 1.54 bits per heavy atom. The monoisotopic (exact) mass is 187 g/mol. The highest BCUT2D eigenvalue weighted by molar-refractivity contribution is 4.71. The lowest BCUT2D eigenvalue weighted by Gasteiger charge is -2.26. The van der Waals surface area contributed by atoms with Crippen LogP contribution >= 0.6 is 0 Å². The molecule has 0 aromatic heterocycles. The molecule has 1 atom stereocenters. The van der Waals surface area contributed by atoms with Crippen LogP contribution in [0.4, 0.5) is 0 Å². The SMILES string of the molecule is COCC1COCCN(C(C)C)C1. The first-order valence-electron chi connectivity index (χ1n) is 5.04. The van der Waals surface area contributed by atoms with E-state index in [2.05, 4.69) is 18.7 Å². The summed E-state index contributed by atoms with van der Waals surface area (Å²) in [6, 6.07) is 0.612. The van der Waals surface area contributed by atoms with Crippen molar-refractivity contribution >= 4 is 0 Å². The third-order valence-electron chi connectivity index (χ3n) is 2.50. The molecule has 1 rings (SSSR count). The Labute approximate surface area is 81.0 Å². The van der Waals surface area contributed by atoms with E-state index in [4.69, 9.17) is 9.47 Å². The highest BCUT2D eigenvalue weighted by atomic mass is 16.5. The van der Waals surface area contributed by atoms with Crippen LogP contribution in [0.5, 0.6) is 0 Å². The highest BCUT2D eigenvalue weighted by Crippen LogP contribution is 2.09. The molecule has 1 fully saturated rings. The molecule has 13 heavy (non-hydrogen) atoms. The largest absolute Gasteiger partial charge is 0.384 e. The van der Waals surface area contributed by atoms with Crippen molar-refractivity contribution in [3.05, 3.63) is 0 Å². The van der Waals surface area contributed by atoms with Crippen LogP contribution in [0.1, 0.15) is 13.8 Å². The fourth-order valence-electron chi connectivity index (χ4n) is 1.71. The number of rotatable bonds is 3. The molecule has 1 aliphatic heterocycles. The van der Waals surface area contributed by atoms with Gasteiger partial charge >= 0.3 is 0 Å². The van der Waals surface area contributed by atoms with E-state index < -0.39 is 0 Å². The van der Waals surface area contributed by atoms with Crippen LogP contribution < -0.4 is 0 Å². The molecule has 0 bridgehead atoms. The Balaban J connectivity index is 2.39. The summed E-state index contributed by atoms with van der Waals surface area (Å²) in [6.45, 7) is 9.13. The van der Waals surface area contributed by atoms with Gasteiger partial charge in [0.2, 0.25) is 0 Å². The second-order valence-electron chi connectivity index (χ2n) is 3.98. The summed E-state index contributed by atoms with van der Waals surface area (Å²) < 4.78 is 10.7. The van der Waals surface area contributed by atoms with Crippen LogP contribution in [0.15, 0.2) is 0 Å². The molecule has 1 aliphatic rings. The summed E-state index contributed by atoms with van der Waals surface area (Å²) in [6.07, 6.45) is 0. The maximum absolute atomic E-state index is 5.52. The van der Waals surface area contributed by atoms with Crippen LogP contribution in [0.3, 0.4) is 0 Å². The van der Waals surface area contributed by atoms with Crippen LogP contribution in [-0.2, 0) is 9.47 Å². The van der Waals surface area contributed by atoms with E-state index in [1.807, 2.05) is 0 Å². The Morgan fingerprint density at radius 3 is 2.92 bits per heavy atom. The van der Waals surface area contributed by atoms with Crippen molar-refractivity contribution in [1.29, 1.82) is 0 Å². The van der Waals surface area contributed by atoms with Gasteiger partial charge in [0, 0.05) is 32.2 Å². The van der Waals surface area contributed by atoms with Crippen molar-refractivity contribution < 1.29 is 9.47 Å². The summed E-state index contributed by atoms with van der Waals surface area (Å²) in [7, 11) is 1.75. The van der Waals surface area contributed by atoms with Gasteiger partial charge in [0.05, 0.1) is 19.8 Å². The van der Waals surface area contributed by atoms with Crippen LogP contribution in [0.2, 0.25) is 0 Å². The molecule has 0 saturated carbocycles. The molecule has 1 saturated heterocycles. The summed E-state index contributed by atoms with van der Waals surface area (Å²) in [4.78, 5) is 2.46. The molecule has 1 unspecified atom stereocenters. The molecule has 0 spiro atoms. The Hall–Kier alpha value is -0.120. The van der Waals surface area contributed by atoms with E-state index in [9.17, 15) is 0 Å². The van der Waals surface area contributed by atoms with Crippen molar-refractivity contribution in [3.63, 3.8) is 0 Å². The topological polar surface area (TPSA) is 21.7 Å². The number of ether oxygens (including phenoxy) is 2. The van der Waals surface area contributed by atoms with Crippen molar-refractivity contribution in [2.24, 2.45) is 5.92 Å². The molecule has 0 aromatic rings. The van der Waals surface area contributed by atoms with Gasteiger partial charge in [-0.15, -0.1) is 0 Å². The van der Waals surface area contributed by atoms with Crippen molar-refractivity contribution in [1.82, 2.24) is 4.90 Å². The average molecular weight is 187 g/mol. The standard InChI is InChI=1S/C10H21NO2/c1-9(2)11-4-5-13-8-10(6-11)7-12-3/h9-10H,4-8H2,1-3H3. The van der Waals surface area contributed by atoms with Gasteiger partial charge in [-0.05, 0) is 13.8 Å². The molecule has 0 radical (unpaired) electrons. The third kappa shape index (κ3) is 3.63. The smallest absolute Gasteiger partial charge is 0.0593 e. The van der Waals surface area contributed by atoms with Gasteiger partial charge in [-0.1, -0.05) is 0 Å². The predicted octanol–water partition coefficient (Wildman–Crippen LogP) is 0.990. The van der Waals surface area contributed by atoms with Crippen LogP contribution in [-0.4, -0.2) is 51.0 Å². The maximum atomic E-state index is 5.52. The van der Waals surface area contributed by atoms with E-state index in [1.165, 1.54) is 0 Å². The van der Waals surface area contributed by atoms with Gasteiger partial charge < -0.3 is 9.47 Å². The number of methoxy groups -OCH3 is 1. The third-order valence-corrected chi connectivity index (χ3v) is 2.50. The van der Waals surface area contributed by atoms with E-state index in [0.717, 1.165) is 32.9 Å². The summed E-state index contributed by atoms with van der Waals surface area (Å²) in [5.74, 6) is 0.537. The van der Waals surface area contributed by atoms with Gasteiger partial charge in [-0.3, -0.25) is 4.90 Å². The molecule has 0 amide bonds. The Kier molecular flexibility index (Phi) is 4.70. The van der Waals surface area contributed by atoms with E-state index in [1.54, 1.807) is 7.11 Å². The summed E-state index contributed by atoms with van der Waals surface area (Å²) in [5, 5.41) is 0. The minimum absolute atomic E-state index is 0.537. The first-order valence-corrected chi connectivity index (χ1v) is 5.04. The molecule has 0 aromatic carbocycles. The minimum atomic E-state index is 0.537. The minimum Gasteiger partial charge on any atom is -0.384 e. The van der Waals surface area contributed by atoms with Crippen LogP contribution in [0.25, 0.3) is 0 Å². The number of nitrogens with zero attached hydrogens (tertiary/aromatic N) is 1. The first kappa shape index (κ1) is 11.0. The molecule has 3 heteroatoms. The zero-order chi connectivity index (χ0) is 9.68. The molecule has 78 valence electrons. The molecular formula is C10H21NO2. The van der Waals surface area contributed by atoms with Gasteiger partial charge in [0.15, 0.2) is 0 Å². The van der Waals surface area contributed by atoms with Gasteiger partial charge in [0.25, 0.3) is 0 Å². The maximum Gasteiger partial charge on any atom is 0.0593 e. The average Bonchev–Trinajstić information content (AvgIpc) is 2.30. The normalized spacial score (nSPS) is 26.3. The molecular weight excluding hydrogens is 166 g/mol. The lowest BCUT2D eigenvalue weighted by Crippen LogP contribution is -2.36. The lowest BCUT2D eigenvalue weighted by molar-refractivity contribution is 0.0758. The fourth-order valence-corrected chi connectivity index (χ4v) is 1.71. The van der Waals surface area contributed by atoms with Gasteiger partial charge in [0.1, 0.15) is 0 Å². The lowest BCUT2D eigenvalue weighted by atomic mass is 10.1. The van der Waals surface area contributed by atoms with Crippen molar-refractivity contribution in [3.8, 4) is 0 Å². The van der Waals surface area contributed by atoms with Gasteiger partial charge in [-0.2, -0.15) is 0 Å². The fraction of sp³-hybridized carbons (Fsp3) is 1.00. The second kappa shape index (κ2) is 5.58. The van der Waals surface area contributed by atoms with Gasteiger partial charge in [-0.25, -0.2) is 0 Å². The second-order valence-corrected chi connectivity index (χ2v) is 3.98. The zero-order valence-electron chi connectivity index (χ0n) is 8.95. The molecule has 0 aliphatic carbocycles. The number of hydrogen-bond donors (Lipinski definition) is 0. The molecule has 0 N–H and O–H groups in total.